The summed E-state index contributed by atoms with van der Waals surface area (Å²) in [6.45, 7) is 1.27. The van der Waals surface area contributed by atoms with Crippen molar-refractivity contribution in [2.24, 2.45) is 0 Å². The minimum absolute atomic E-state index is 0.0954. The fourth-order valence-electron chi connectivity index (χ4n) is 3.19. The molecule has 0 saturated carbocycles. The number of benzene rings is 2. The maximum Gasteiger partial charge on any atom is 0.323 e. The number of fused-ring (bicyclic) bond motifs is 1. The molecule has 2 aromatic rings. The van der Waals surface area contributed by atoms with Crippen LogP contribution >= 0.6 is 0 Å². The van der Waals surface area contributed by atoms with Crippen molar-refractivity contribution in [1.29, 1.82) is 0 Å². The molecular weight excluding hydrogens is 408 g/mol. The van der Waals surface area contributed by atoms with Crippen LogP contribution in [0.1, 0.15) is 31.7 Å². The van der Waals surface area contributed by atoms with Gasteiger partial charge in [0.1, 0.15) is 12.3 Å². The van der Waals surface area contributed by atoms with Crippen molar-refractivity contribution in [2.75, 3.05) is 22.8 Å². The fourth-order valence-corrected chi connectivity index (χ4v) is 4.27. The molecule has 0 spiro atoms. The van der Waals surface area contributed by atoms with E-state index in [1.165, 1.54) is 18.2 Å². The highest BCUT2D eigenvalue weighted by Gasteiger charge is 2.29. The van der Waals surface area contributed by atoms with E-state index >= 15 is 0 Å². The lowest BCUT2D eigenvalue weighted by Gasteiger charge is -2.28. The lowest BCUT2D eigenvalue weighted by Crippen LogP contribution is -2.42. The van der Waals surface area contributed by atoms with Crippen LogP contribution in [0.3, 0.4) is 0 Å². The molecular formula is C21H24N2O6S. The topological polar surface area (TPSA) is 113 Å². The first-order chi connectivity index (χ1) is 14.3. The number of rotatable bonds is 9. The highest BCUT2D eigenvalue weighted by molar-refractivity contribution is 7.92. The van der Waals surface area contributed by atoms with Crippen LogP contribution in [0, 0.1) is 0 Å². The lowest BCUT2D eigenvalue weighted by molar-refractivity contribution is -0.137. The van der Waals surface area contributed by atoms with E-state index < -0.39 is 28.4 Å². The first-order valence-electron chi connectivity index (χ1n) is 9.71. The molecule has 0 radical (unpaired) electrons. The van der Waals surface area contributed by atoms with E-state index in [4.69, 9.17) is 9.84 Å². The number of aryl methyl sites for hydroxylation is 1. The number of anilines is 2. The largest absolute Gasteiger partial charge is 0.482 e. The summed E-state index contributed by atoms with van der Waals surface area (Å²) in [4.78, 5) is 24.0. The van der Waals surface area contributed by atoms with Crippen molar-refractivity contribution >= 4 is 33.3 Å². The van der Waals surface area contributed by atoms with Gasteiger partial charge in [0.05, 0.1) is 10.6 Å². The van der Waals surface area contributed by atoms with Crippen LogP contribution in [0.25, 0.3) is 0 Å². The zero-order valence-corrected chi connectivity index (χ0v) is 17.4. The van der Waals surface area contributed by atoms with Crippen molar-refractivity contribution in [3.8, 4) is 5.75 Å². The van der Waals surface area contributed by atoms with Gasteiger partial charge in [-0.05, 0) is 48.7 Å². The highest BCUT2D eigenvalue weighted by atomic mass is 32.2. The second-order valence-electron chi connectivity index (χ2n) is 7.05. The molecule has 0 bridgehead atoms. The van der Waals surface area contributed by atoms with Crippen molar-refractivity contribution in [2.45, 2.75) is 37.5 Å². The first kappa shape index (κ1) is 21.6. The Labute approximate surface area is 175 Å². The Morgan fingerprint density at radius 2 is 1.90 bits per heavy atom. The van der Waals surface area contributed by atoms with Crippen LogP contribution in [-0.2, 0) is 26.0 Å². The Kier molecular flexibility index (Phi) is 6.61. The smallest absolute Gasteiger partial charge is 0.323 e. The number of amides is 1. The van der Waals surface area contributed by atoms with Crippen molar-refractivity contribution in [3.63, 3.8) is 0 Å². The quantitative estimate of drug-likeness (QED) is 0.589. The summed E-state index contributed by atoms with van der Waals surface area (Å²) < 4.78 is 33.4. The second-order valence-corrected chi connectivity index (χ2v) is 8.73. The normalized spacial score (nSPS) is 13.5. The van der Waals surface area contributed by atoms with Gasteiger partial charge in [0.25, 0.3) is 15.9 Å². The monoisotopic (exact) mass is 432 g/mol. The molecule has 3 rings (SSSR count). The molecule has 1 amide bonds. The van der Waals surface area contributed by atoms with Crippen molar-refractivity contribution in [3.05, 3.63) is 48.0 Å². The maximum absolute atomic E-state index is 12.8. The first-order valence-corrected chi connectivity index (χ1v) is 11.2. The van der Waals surface area contributed by atoms with Gasteiger partial charge in [-0.25, -0.2) is 8.42 Å². The maximum atomic E-state index is 12.8. The average molecular weight is 432 g/mol. The van der Waals surface area contributed by atoms with Gasteiger partial charge < -0.3 is 9.84 Å². The average Bonchev–Trinajstić information content (AvgIpc) is 2.71. The number of nitrogens with one attached hydrogen (secondary N) is 1. The molecule has 9 heteroatoms. The van der Waals surface area contributed by atoms with Gasteiger partial charge in [-0.15, -0.1) is 0 Å². The Morgan fingerprint density at radius 1 is 1.17 bits per heavy atom. The SMILES string of the molecule is CCCCCc1ccc(NS(=O)(=O)c2ccc3c(c2)N(CC(=O)O)C(=O)CO3)cc1. The third-order valence-electron chi connectivity index (χ3n) is 4.75. The molecule has 0 aliphatic carbocycles. The highest BCUT2D eigenvalue weighted by Crippen LogP contribution is 2.34. The molecule has 0 unspecified atom stereocenters. The van der Waals surface area contributed by atoms with E-state index in [1.54, 1.807) is 12.1 Å². The summed E-state index contributed by atoms with van der Waals surface area (Å²) >= 11 is 0. The van der Waals surface area contributed by atoms with Crippen LogP contribution in [0.5, 0.6) is 5.75 Å². The molecule has 160 valence electrons. The van der Waals surface area contributed by atoms with Gasteiger partial charge in [-0.1, -0.05) is 31.9 Å². The minimum atomic E-state index is -3.94. The summed E-state index contributed by atoms with van der Waals surface area (Å²) in [6, 6.07) is 11.2. The third kappa shape index (κ3) is 5.10. The number of carboxylic acid groups (broad SMARTS) is 1. The molecule has 1 aliphatic rings. The number of hydrogen-bond acceptors (Lipinski definition) is 5. The Balaban J connectivity index is 1.80. The number of nitrogens with zero attached hydrogens (tertiary/aromatic N) is 1. The van der Waals surface area contributed by atoms with E-state index in [9.17, 15) is 18.0 Å². The van der Waals surface area contributed by atoms with Crippen LogP contribution in [-0.4, -0.2) is 38.6 Å². The zero-order valence-electron chi connectivity index (χ0n) is 16.6. The molecule has 30 heavy (non-hydrogen) atoms. The van der Waals surface area contributed by atoms with Crippen molar-refractivity contribution in [1.82, 2.24) is 0 Å². The van der Waals surface area contributed by atoms with Gasteiger partial charge in [0.15, 0.2) is 6.61 Å². The van der Waals surface area contributed by atoms with Crippen LogP contribution in [0.15, 0.2) is 47.4 Å². The molecule has 2 N–H and O–H groups in total. The standard InChI is InChI=1S/C21H24N2O6S/c1-2-3-4-5-15-6-8-16(9-7-15)22-30(27,28)17-10-11-19-18(12-17)23(13-21(25)26)20(24)14-29-19/h6-12,22H,2-5,13-14H2,1H3,(H,25,26). The van der Waals surface area contributed by atoms with E-state index in [0.29, 0.717) is 5.69 Å². The van der Waals surface area contributed by atoms with E-state index in [2.05, 4.69) is 11.6 Å². The molecule has 0 aromatic heterocycles. The number of unbranched alkanes of at least 4 members (excludes halogenated alkanes) is 2. The van der Waals surface area contributed by atoms with Gasteiger partial charge in [-0.3, -0.25) is 19.2 Å². The minimum Gasteiger partial charge on any atom is -0.482 e. The van der Waals surface area contributed by atoms with Crippen LogP contribution < -0.4 is 14.4 Å². The Bertz CT molecular complexity index is 1030. The summed E-state index contributed by atoms with van der Waals surface area (Å²) in [5, 5.41) is 9.06. The fraction of sp³-hybridized carbons (Fsp3) is 0.333. The van der Waals surface area contributed by atoms with Crippen molar-refractivity contribution < 1.29 is 27.9 Å². The molecule has 1 heterocycles. The summed E-state index contributed by atoms with van der Waals surface area (Å²) in [5.41, 5.74) is 1.67. The number of carboxylic acids is 1. The third-order valence-corrected chi connectivity index (χ3v) is 6.13. The van der Waals surface area contributed by atoms with Gasteiger partial charge >= 0.3 is 5.97 Å². The molecule has 0 saturated heterocycles. The number of carbonyl (C=O) groups excluding carboxylic acids is 1. The van der Waals surface area contributed by atoms with E-state index in [-0.39, 0.29) is 22.9 Å². The lowest BCUT2D eigenvalue weighted by atomic mass is 10.1. The van der Waals surface area contributed by atoms with Gasteiger partial charge in [0, 0.05) is 5.69 Å². The molecule has 1 aliphatic heterocycles. The number of sulfonamides is 1. The van der Waals surface area contributed by atoms with Crippen LogP contribution in [0.2, 0.25) is 0 Å². The summed E-state index contributed by atoms with van der Waals surface area (Å²) in [6.07, 6.45) is 4.32. The summed E-state index contributed by atoms with van der Waals surface area (Å²) in [5.74, 6) is -1.50. The Hall–Kier alpha value is -3.07. The zero-order chi connectivity index (χ0) is 21.7. The molecule has 2 aromatic carbocycles. The van der Waals surface area contributed by atoms with E-state index in [1.807, 2.05) is 12.1 Å². The molecule has 0 fully saturated rings. The number of aliphatic carboxylic acids is 1. The predicted molar refractivity (Wildman–Crippen MR) is 112 cm³/mol. The molecule has 8 nitrogen and oxygen atoms in total. The van der Waals surface area contributed by atoms with E-state index in [0.717, 1.165) is 36.1 Å². The van der Waals surface area contributed by atoms with Gasteiger partial charge in [-0.2, -0.15) is 0 Å². The second kappa shape index (κ2) is 9.17. The van der Waals surface area contributed by atoms with Crippen LogP contribution in [0.4, 0.5) is 11.4 Å². The Morgan fingerprint density at radius 3 is 2.57 bits per heavy atom. The van der Waals surface area contributed by atoms with Gasteiger partial charge in [0.2, 0.25) is 0 Å². The number of carbonyl (C=O) groups is 2. The summed E-state index contributed by atoms with van der Waals surface area (Å²) in [7, 11) is -3.94. The predicted octanol–water partition coefficient (Wildman–Crippen LogP) is 3.03. The molecule has 0 atom stereocenters. The number of ether oxygens (including phenoxy) is 1. The number of hydrogen-bond donors (Lipinski definition) is 2.